The number of nitrogens with two attached hydrogens (primary N) is 1. The predicted molar refractivity (Wildman–Crippen MR) is 85.6 cm³/mol. The van der Waals surface area contributed by atoms with Gasteiger partial charge >= 0.3 is 0 Å². The number of carbonyl (C=O) groups excluding carboxylic acids is 2. The fraction of sp³-hybridized carbons (Fsp3) is 0.250. The average Bonchev–Trinajstić information content (AvgIpc) is 2.99. The van der Waals surface area contributed by atoms with Gasteiger partial charge < -0.3 is 16.0 Å². The van der Waals surface area contributed by atoms with E-state index >= 15 is 0 Å². The maximum atomic E-state index is 12.1. The molecule has 0 atom stereocenters. The molecule has 0 spiro atoms. The lowest BCUT2D eigenvalue weighted by Gasteiger charge is -2.16. The maximum absolute atomic E-state index is 12.1. The molecule has 7 heteroatoms. The van der Waals surface area contributed by atoms with Crippen LogP contribution in [0.1, 0.15) is 28.9 Å². The summed E-state index contributed by atoms with van der Waals surface area (Å²) in [7, 11) is 0. The minimum absolute atomic E-state index is 0.0985. The number of aromatic nitrogens is 2. The molecule has 0 radical (unpaired) electrons. The lowest BCUT2D eigenvalue weighted by Crippen LogP contribution is -2.26. The highest BCUT2D eigenvalue weighted by molar-refractivity contribution is 5.96. The normalized spacial score (nSPS) is 14.1. The van der Waals surface area contributed by atoms with Crippen LogP contribution in [0.2, 0.25) is 0 Å². The number of carbonyl (C=O) groups is 2. The molecule has 1 aromatic carbocycles. The van der Waals surface area contributed by atoms with Gasteiger partial charge in [-0.3, -0.25) is 9.59 Å². The molecule has 0 unspecified atom stereocenters. The molecule has 2 heterocycles. The van der Waals surface area contributed by atoms with Gasteiger partial charge in [-0.25, -0.2) is 9.97 Å². The maximum Gasteiger partial charge on any atom is 0.273 e. The fourth-order valence-electron chi connectivity index (χ4n) is 2.55. The first-order chi connectivity index (χ1) is 11.1. The third-order valence-electron chi connectivity index (χ3n) is 3.69. The molecule has 2 aromatic rings. The SMILES string of the molecule is Nc1nccnc1C(=O)NCc1cccc(N2CCCC2=O)c1. The average molecular weight is 311 g/mol. The van der Waals surface area contributed by atoms with Crippen molar-refractivity contribution in [1.29, 1.82) is 0 Å². The second-order valence-electron chi connectivity index (χ2n) is 5.29. The lowest BCUT2D eigenvalue weighted by molar-refractivity contribution is -0.117. The molecule has 2 amide bonds. The molecular formula is C16H17N5O2. The van der Waals surface area contributed by atoms with Gasteiger partial charge in [0.2, 0.25) is 5.91 Å². The van der Waals surface area contributed by atoms with E-state index in [1.54, 1.807) is 4.90 Å². The molecule has 23 heavy (non-hydrogen) atoms. The first-order valence-corrected chi connectivity index (χ1v) is 7.39. The van der Waals surface area contributed by atoms with Crippen LogP contribution in [-0.2, 0) is 11.3 Å². The summed E-state index contributed by atoms with van der Waals surface area (Å²) in [5.41, 5.74) is 7.50. The summed E-state index contributed by atoms with van der Waals surface area (Å²) in [5.74, 6) is -0.141. The number of nitrogens with zero attached hydrogens (tertiary/aromatic N) is 3. The van der Waals surface area contributed by atoms with E-state index in [-0.39, 0.29) is 23.3 Å². The van der Waals surface area contributed by atoms with Crippen LogP contribution in [0.5, 0.6) is 0 Å². The molecule has 1 aromatic heterocycles. The molecule has 1 fully saturated rings. The number of nitrogens with one attached hydrogen (secondary N) is 1. The Balaban J connectivity index is 1.68. The predicted octanol–water partition coefficient (Wildman–Crippen LogP) is 1.12. The lowest BCUT2D eigenvalue weighted by atomic mass is 10.2. The second-order valence-corrected chi connectivity index (χ2v) is 5.29. The Morgan fingerprint density at radius 3 is 2.87 bits per heavy atom. The van der Waals surface area contributed by atoms with Gasteiger partial charge in [0.1, 0.15) is 0 Å². The quantitative estimate of drug-likeness (QED) is 0.881. The van der Waals surface area contributed by atoms with Crippen LogP contribution in [0.15, 0.2) is 36.7 Å². The van der Waals surface area contributed by atoms with Crippen molar-refractivity contribution in [3.05, 3.63) is 47.9 Å². The molecule has 1 saturated heterocycles. The third-order valence-corrected chi connectivity index (χ3v) is 3.69. The minimum atomic E-state index is -0.377. The standard InChI is InChI=1S/C16H17N5O2/c17-15-14(18-6-7-19-15)16(23)20-10-11-3-1-4-12(9-11)21-8-2-5-13(21)22/h1,3-4,6-7,9H,2,5,8,10H2,(H2,17,19)(H,20,23). The van der Waals surface area contributed by atoms with Crippen LogP contribution in [0.4, 0.5) is 11.5 Å². The first-order valence-electron chi connectivity index (χ1n) is 7.39. The van der Waals surface area contributed by atoms with Gasteiger partial charge in [-0.2, -0.15) is 0 Å². The molecule has 1 aliphatic heterocycles. The summed E-state index contributed by atoms with van der Waals surface area (Å²) in [6, 6.07) is 7.57. The van der Waals surface area contributed by atoms with E-state index in [0.717, 1.165) is 24.2 Å². The zero-order valence-corrected chi connectivity index (χ0v) is 12.5. The van der Waals surface area contributed by atoms with E-state index in [2.05, 4.69) is 15.3 Å². The van der Waals surface area contributed by atoms with E-state index < -0.39 is 0 Å². The molecule has 0 saturated carbocycles. The number of amides is 2. The Morgan fingerprint density at radius 1 is 1.30 bits per heavy atom. The number of hydrogen-bond donors (Lipinski definition) is 2. The van der Waals surface area contributed by atoms with Gasteiger partial charge in [0, 0.05) is 37.6 Å². The van der Waals surface area contributed by atoms with Crippen molar-refractivity contribution in [3.8, 4) is 0 Å². The summed E-state index contributed by atoms with van der Waals surface area (Å²) in [6.45, 7) is 1.06. The number of benzene rings is 1. The largest absolute Gasteiger partial charge is 0.382 e. The molecule has 1 aliphatic rings. The Hall–Kier alpha value is -2.96. The summed E-state index contributed by atoms with van der Waals surface area (Å²) < 4.78 is 0. The van der Waals surface area contributed by atoms with Gasteiger partial charge in [0.25, 0.3) is 5.91 Å². The molecule has 3 N–H and O–H groups in total. The highest BCUT2D eigenvalue weighted by atomic mass is 16.2. The van der Waals surface area contributed by atoms with Gasteiger partial charge in [-0.1, -0.05) is 12.1 Å². The molecule has 3 rings (SSSR count). The fourth-order valence-corrected chi connectivity index (χ4v) is 2.55. The first kappa shape index (κ1) is 15.0. The van der Waals surface area contributed by atoms with Crippen LogP contribution < -0.4 is 16.0 Å². The van der Waals surface area contributed by atoms with Gasteiger partial charge in [0.05, 0.1) is 0 Å². The summed E-state index contributed by atoms with van der Waals surface area (Å²) in [5, 5.41) is 2.76. The van der Waals surface area contributed by atoms with Gasteiger partial charge in [-0.15, -0.1) is 0 Å². The topological polar surface area (TPSA) is 101 Å². The Bertz CT molecular complexity index is 747. The van der Waals surface area contributed by atoms with Crippen LogP contribution >= 0.6 is 0 Å². The Labute approximate surface area is 133 Å². The van der Waals surface area contributed by atoms with E-state index in [4.69, 9.17) is 5.73 Å². The van der Waals surface area contributed by atoms with Crippen LogP contribution in [0.25, 0.3) is 0 Å². The van der Waals surface area contributed by atoms with Crippen molar-refractivity contribution in [1.82, 2.24) is 15.3 Å². The monoisotopic (exact) mass is 311 g/mol. The zero-order chi connectivity index (χ0) is 16.2. The molecule has 0 bridgehead atoms. The zero-order valence-electron chi connectivity index (χ0n) is 12.5. The summed E-state index contributed by atoms with van der Waals surface area (Å²) >= 11 is 0. The van der Waals surface area contributed by atoms with E-state index in [1.165, 1.54) is 12.4 Å². The van der Waals surface area contributed by atoms with E-state index in [1.807, 2.05) is 24.3 Å². The molecule has 118 valence electrons. The minimum Gasteiger partial charge on any atom is -0.382 e. The number of anilines is 2. The molecular weight excluding hydrogens is 294 g/mol. The van der Waals surface area contributed by atoms with Crippen molar-refractivity contribution >= 4 is 23.3 Å². The number of nitrogen functional groups attached to an aromatic ring is 1. The Kier molecular flexibility index (Phi) is 4.18. The smallest absolute Gasteiger partial charge is 0.273 e. The summed E-state index contributed by atoms with van der Waals surface area (Å²) in [6.07, 6.45) is 4.33. The van der Waals surface area contributed by atoms with Crippen LogP contribution in [0, 0.1) is 0 Å². The van der Waals surface area contributed by atoms with Crippen molar-refractivity contribution in [2.45, 2.75) is 19.4 Å². The molecule has 0 aliphatic carbocycles. The number of rotatable bonds is 4. The van der Waals surface area contributed by atoms with Crippen molar-refractivity contribution < 1.29 is 9.59 Å². The van der Waals surface area contributed by atoms with Crippen LogP contribution in [-0.4, -0.2) is 28.3 Å². The van der Waals surface area contributed by atoms with Crippen molar-refractivity contribution in [2.75, 3.05) is 17.2 Å². The number of hydrogen-bond acceptors (Lipinski definition) is 5. The van der Waals surface area contributed by atoms with Gasteiger partial charge in [-0.05, 0) is 24.1 Å². The van der Waals surface area contributed by atoms with E-state index in [0.29, 0.717) is 13.0 Å². The van der Waals surface area contributed by atoms with Crippen LogP contribution in [0.3, 0.4) is 0 Å². The van der Waals surface area contributed by atoms with Crippen molar-refractivity contribution in [3.63, 3.8) is 0 Å². The second kappa shape index (κ2) is 6.43. The summed E-state index contributed by atoms with van der Waals surface area (Å²) in [4.78, 5) is 33.4. The third kappa shape index (κ3) is 3.28. The van der Waals surface area contributed by atoms with Gasteiger partial charge in [0.15, 0.2) is 11.5 Å². The Morgan fingerprint density at radius 2 is 2.13 bits per heavy atom. The van der Waals surface area contributed by atoms with E-state index in [9.17, 15) is 9.59 Å². The van der Waals surface area contributed by atoms with Crippen molar-refractivity contribution in [2.24, 2.45) is 0 Å². The highest BCUT2D eigenvalue weighted by Gasteiger charge is 2.21. The molecule has 7 nitrogen and oxygen atoms in total. The highest BCUT2D eigenvalue weighted by Crippen LogP contribution is 2.22.